The highest BCUT2D eigenvalue weighted by molar-refractivity contribution is 5.90. The van der Waals surface area contributed by atoms with Gasteiger partial charge in [0, 0.05) is 18.0 Å². The number of nitrogens with one attached hydrogen (secondary N) is 2. The topological polar surface area (TPSA) is 89.7 Å². The van der Waals surface area contributed by atoms with Crippen LogP contribution in [0.5, 0.6) is 0 Å². The number of aryl methyl sites for hydroxylation is 1. The van der Waals surface area contributed by atoms with Gasteiger partial charge in [-0.2, -0.15) is 18.3 Å². The zero-order valence-corrected chi connectivity index (χ0v) is 17.4. The molecule has 3 aromatic rings. The number of nitrogens with zero attached hydrogens (tertiary/aromatic N) is 5. The number of carbonyl (C=O) groups excluding carboxylic acids is 1. The van der Waals surface area contributed by atoms with Gasteiger partial charge in [0.2, 0.25) is 5.91 Å². The molecule has 8 nitrogen and oxygen atoms in total. The van der Waals surface area contributed by atoms with E-state index in [4.69, 9.17) is 0 Å². The first-order valence-corrected chi connectivity index (χ1v) is 9.92. The van der Waals surface area contributed by atoms with Crippen molar-refractivity contribution in [1.82, 2.24) is 29.6 Å². The summed E-state index contributed by atoms with van der Waals surface area (Å²) in [4.78, 5) is 20.7. The van der Waals surface area contributed by atoms with Crippen molar-refractivity contribution in [2.24, 2.45) is 0 Å². The summed E-state index contributed by atoms with van der Waals surface area (Å²) in [6.45, 7) is 3.88. The first-order chi connectivity index (χ1) is 15.0. The number of amides is 1. The molecule has 0 aliphatic carbocycles. The van der Waals surface area contributed by atoms with E-state index < -0.39 is 30.1 Å². The number of carbonyl (C=O) groups is 1. The van der Waals surface area contributed by atoms with E-state index in [1.54, 1.807) is 6.20 Å². The Kier molecular flexibility index (Phi) is 5.49. The third-order valence-electron chi connectivity index (χ3n) is 5.43. The Morgan fingerprint density at radius 2 is 2.09 bits per heavy atom. The summed E-state index contributed by atoms with van der Waals surface area (Å²) < 4.78 is 55.4. The van der Waals surface area contributed by atoms with E-state index in [9.17, 15) is 22.4 Å². The summed E-state index contributed by atoms with van der Waals surface area (Å²) in [5.74, 6) is -1.34. The quantitative estimate of drug-likeness (QED) is 0.582. The van der Waals surface area contributed by atoms with Gasteiger partial charge in [-0.1, -0.05) is 0 Å². The second-order valence-corrected chi connectivity index (χ2v) is 7.93. The summed E-state index contributed by atoms with van der Waals surface area (Å²) in [5, 5.41) is 9.21. The Hall–Kier alpha value is -3.28. The predicted octanol–water partition coefficient (Wildman–Crippen LogP) is 3.17. The first kappa shape index (κ1) is 21.9. The van der Waals surface area contributed by atoms with Crippen LogP contribution in [0, 0.1) is 12.7 Å². The number of imidazole rings is 1. The molecule has 0 spiro atoms. The minimum absolute atomic E-state index is 0.0149. The third-order valence-corrected chi connectivity index (χ3v) is 5.43. The van der Waals surface area contributed by atoms with E-state index in [1.165, 1.54) is 24.0 Å². The molecule has 1 aliphatic heterocycles. The fourth-order valence-electron chi connectivity index (χ4n) is 3.67. The molecule has 0 radical (unpaired) electrons. The summed E-state index contributed by atoms with van der Waals surface area (Å²) in [7, 11) is 0. The van der Waals surface area contributed by atoms with Crippen LogP contribution in [0.25, 0.3) is 5.82 Å². The molecule has 4 heterocycles. The van der Waals surface area contributed by atoms with Gasteiger partial charge in [0.15, 0.2) is 17.3 Å². The fraction of sp³-hybridized carbons (Fsp3) is 0.400. The van der Waals surface area contributed by atoms with Crippen LogP contribution in [-0.2, 0) is 23.1 Å². The first-order valence-electron chi connectivity index (χ1n) is 9.92. The van der Waals surface area contributed by atoms with Crippen LogP contribution in [0.4, 0.5) is 23.2 Å². The smallest absolute Gasteiger partial charge is 0.323 e. The summed E-state index contributed by atoms with van der Waals surface area (Å²) in [6.07, 6.45) is 1.80. The lowest BCUT2D eigenvalue weighted by Crippen LogP contribution is -2.33. The molecule has 32 heavy (non-hydrogen) atoms. The van der Waals surface area contributed by atoms with Gasteiger partial charge in [0.25, 0.3) is 0 Å². The van der Waals surface area contributed by atoms with Crippen LogP contribution in [-0.4, -0.2) is 36.8 Å². The Morgan fingerprint density at radius 1 is 1.31 bits per heavy atom. The molecule has 0 saturated carbocycles. The highest BCUT2D eigenvalue weighted by atomic mass is 19.4. The molecule has 0 aromatic carbocycles. The third kappa shape index (κ3) is 4.35. The van der Waals surface area contributed by atoms with Crippen molar-refractivity contribution in [2.45, 2.75) is 44.9 Å². The van der Waals surface area contributed by atoms with Crippen molar-refractivity contribution in [3.8, 4) is 5.82 Å². The van der Waals surface area contributed by atoms with Crippen LogP contribution in [0.1, 0.15) is 36.8 Å². The standard InChI is InChI=1S/C20H21F4N7O/c1-12-6-15(20(22,23)24)29-31(12)10-17(32)28-13-7-14(21)18(25-8-13)30-9-16(26-11-30)19(2)4-3-5-27-19/h6-9,11,27H,3-5,10H2,1-2H3,(H,28,32). The molecule has 1 amide bonds. The van der Waals surface area contributed by atoms with Gasteiger partial charge in [-0.25, -0.2) is 14.4 Å². The molecule has 3 aromatic heterocycles. The van der Waals surface area contributed by atoms with Gasteiger partial charge < -0.3 is 10.6 Å². The molecule has 0 bridgehead atoms. The van der Waals surface area contributed by atoms with Gasteiger partial charge in [-0.15, -0.1) is 0 Å². The van der Waals surface area contributed by atoms with Crippen LogP contribution in [0.2, 0.25) is 0 Å². The maximum Gasteiger partial charge on any atom is 0.435 e. The van der Waals surface area contributed by atoms with Crippen LogP contribution in [0.3, 0.4) is 0 Å². The summed E-state index contributed by atoms with van der Waals surface area (Å²) in [5.41, 5.74) is -0.329. The van der Waals surface area contributed by atoms with Crippen molar-refractivity contribution in [3.63, 3.8) is 0 Å². The lowest BCUT2D eigenvalue weighted by Gasteiger charge is -2.21. The van der Waals surface area contributed by atoms with Crippen molar-refractivity contribution in [1.29, 1.82) is 0 Å². The van der Waals surface area contributed by atoms with Gasteiger partial charge in [-0.05, 0) is 39.3 Å². The molecule has 170 valence electrons. The number of hydrogen-bond donors (Lipinski definition) is 2. The van der Waals surface area contributed by atoms with Gasteiger partial charge in [0.05, 0.1) is 23.1 Å². The number of alkyl halides is 3. The molecule has 1 fully saturated rings. The average molecular weight is 451 g/mol. The number of hydrogen-bond acceptors (Lipinski definition) is 5. The zero-order chi connectivity index (χ0) is 23.1. The Balaban J connectivity index is 1.45. The number of halogens is 4. The highest BCUT2D eigenvalue weighted by Crippen LogP contribution is 2.30. The van der Waals surface area contributed by atoms with Gasteiger partial charge in [-0.3, -0.25) is 14.0 Å². The second-order valence-electron chi connectivity index (χ2n) is 7.93. The van der Waals surface area contributed by atoms with Crippen LogP contribution >= 0.6 is 0 Å². The molecule has 1 atom stereocenters. The normalized spacial score (nSPS) is 18.8. The van der Waals surface area contributed by atoms with Crippen LogP contribution < -0.4 is 10.6 Å². The number of rotatable bonds is 5. The maximum atomic E-state index is 14.7. The van der Waals surface area contributed by atoms with Gasteiger partial charge >= 0.3 is 6.18 Å². The second kappa shape index (κ2) is 8.01. The van der Waals surface area contributed by atoms with Crippen molar-refractivity contribution in [3.05, 3.63) is 53.8 Å². The largest absolute Gasteiger partial charge is 0.435 e. The Bertz CT molecular complexity index is 1150. The molecule has 1 unspecified atom stereocenters. The van der Waals surface area contributed by atoms with Crippen LogP contribution in [0.15, 0.2) is 30.9 Å². The highest BCUT2D eigenvalue weighted by Gasteiger charge is 2.35. The summed E-state index contributed by atoms with van der Waals surface area (Å²) in [6, 6.07) is 1.94. The SMILES string of the molecule is Cc1cc(C(F)(F)F)nn1CC(=O)Nc1cnc(-n2cnc(C3(C)CCCN3)c2)c(F)c1. The summed E-state index contributed by atoms with van der Waals surface area (Å²) >= 11 is 0. The van der Waals surface area contributed by atoms with Crippen molar-refractivity contribution < 1.29 is 22.4 Å². The minimum atomic E-state index is -4.60. The molecule has 4 rings (SSSR count). The zero-order valence-electron chi connectivity index (χ0n) is 17.4. The van der Waals surface area contributed by atoms with E-state index in [0.29, 0.717) is 0 Å². The van der Waals surface area contributed by atoms with E-state index in [-0.39, 0.29) is 22.7 Å². The molecule has 1 aliphatic rings. The lowest BCUT2D eigenvalue weighted by molar-refractivity contribution is -0.141. The monoisotopic (exact) mass is 451 g/mol. The molecule has 1 saturated heterocycles. The number of pyridine rings is 1. The van der Waals surface area contributed by atoms with Gasteiger partial charge in [0.1, 0.15) is 12.9 Å². The van der Waals surface area contributed by atoms with E-state index in [0.717, 1.165) is 41.9 Å². The molecule has 2 N–H and O–H groups in total. The average Bonchev–Trinajstić information content (AvgIpc) is 3.43. The minimum Gasteiger partial charge on any atom is -0.323 e. The predicted molar refractivity (Wildman–Crippen MR) is 107 cm³/mol. The van der Waals surface area contributed by atoms with E-state index in [1.807, 2.05) is 6.92 Å². The molecular formula is C20H21F4N7O. The van der Waals surface area contributed by atoms with E-state index >= 15 is 0 Å². The Labute approximate surface area is 180 Å². The van der Waals surface area contributed by atoms with Crippen molar-refractivity contribution in [2.75, 3.05) is 11.9 Å². The lowest BCUT2D eigenvalue weighted by atomic mass is 9.97. The molecular weight excluding hydrogens is 430 g/mol. The molecule has 12 heteroatoms. The van der Waals surface area contributed by atoms with Crippen molar-refractivity contribution >= 4 is 11.6 Å². The van der Waals surface area contributed by atoms with E-state index in [2.05, 4.69) is 25.7 Å². The number of anilines is 1. The number of aromatic nitrogens is 5. The Morgan fingerprint density at radius 3 is 2.72 bits per heavy atom. The fourth-order valence-corrected chi connectivity index (χ4v) is 3.67. The maximum absolute atomic E-state index is 14.7.